The van der Waals surface area contributed by atoms with Crippen molar-refractivity contribution in [2.45, 2.75) is 324 Å². The second kappa shape index (κ2) is 51.1. The molecule has 15 N–H and O–H groups in total. The SMILES string of the molecule is CCCC(=O)OC(C)CC(=O)N[C@@H](CCNC(=O)OC(C)(C)C)C(=O)C[C@H](C(=O)N[C@@H](CCNC(=O)OC(C)(C)C)C(=O)C[C@H]1CCNC(=O)[C@H](C(C)O)NC(=O)[C@H](CCNC(=O)OC(C)(C)C)CC(=O)[C@H](CCNC(=O)OC(C)(C)C)NC(=O)[C@H](CC(C)C)NC(=O)[C@@H](Cc2ccccc2)NC(=O)[C@H](CCNC(=O)OC(C)(C)C)NC1)C(C)O. The molecule has 1 aliphatic rings. The predicted molar refractivity (Wildman–Crippen MR) is 443 cm³/mol. The number of amides is 12. The van der Waals surface area contributed by atoms with Crippen LogP contribution in [0.1, 0.15) is 234 Å². The molecule has 13 atom stereocenters. The van der Waals surface area contributed by atoms with Crippen LogP contribution in [0, 0.1) is 23.7 Å². The van der Waals surface area contributed by atoms with E-state index in [4.69, 9.17) is 28.4 Å². The number of hydrogen-bond donors (Lipinski definition) is 15. The largest absolute Gasteiger partial charge is 0.462 e. The molecule has 2 rings (SSSR count). The fourth-order valence-corrected chi connectivity index (χ4v) is 12.1. The second-order valence-electron chi connectivity index (χ2n) is 35.7. The molecule has 0 bridgehead atoms. The zero-order valence-corrected chi connectivity index (χ0v) is 74.2. The monoisotopic (exact) mass is 1700 g/mol. The van der Waals surface area contributed by atoms with Gasteiger partial charge in [0.15, 0.2) is 17.3 Å². The number of ketones is 3. The van der Waals surface area contributed by atoms with Crippen LogP contribution < -0.4 is 69.1 Å². The quantitative estimate of drug-likeness (QED) is 0.0319. The molecule has 1 aliphatic heterocycles. The summed E-state index contributed by atoms with van der Waals surface area (Å²) >= 11 is 0. The summed E-state index contributed by atoms with van der Waals surface area (Å²) < 4.78 is 32.5. The summed E-state index contributed by atoms with van der Waals surface area (Å²) in [5, 5.41) is 57.5. The number of nitrogens with one attached hydrogen (secondary N) is 13. The summed E-state index contributed by atoms with van der Waals surface area (Å²) in [6, 6.07) is -2.19. The zero-order valence-electron chi connectivity index (χ0n) is 74.2. The highest BCUT2D eigenvalue weighted by Crippen LogP contribution is 2.22. The Morgan fingerprint density at radius 1 is 0.508 bits per heavy atom. The third kappa shape index (κ3) is 46.7. The van der Waals surface area contributed by atoms with Gasteiger partial charge in [-0.25, -0.2) is 24.0 Å². The number of hydrogen-bond acceptors (Lipinski definition) is 25. The van der Waals surface area contributed by atoms with E-state index in [1.165, 1.54) is 20.8 Å². The molecule has 1 saturated heterocycles. The zero-order chi connectivity index (χ0) is 91.2. The molecule has 0 radical (unpaired) electrons. The summed E-state index contributed by atoms with van der Waals surface area (Å²) in [5.74, 6) is -13.8. The number of ether oxygens (including phenoxy) is 6. The van der Waals surface area contributed by atoms with Crippen LogP contribution in [0.4, 0.5) is 24.0 Å². The molecule has 37 nitrogen and oxygen atoms in total. The highest BCUT2D eigenvalue weighted by atomic mass is 16.6. The van der Waals surface area contributed by atoms with Crippen molar-refractivity contribution < 1.29 is 115 Å². The van der Waals surface area contributed by atoms with Crippen LogP contribution in [-0.2, 0) is 87.6 Å². The fourth-order valence-electron chi connectivity index (χ4n) is 12.1. The van der Waals surface area contributed by atoms with Gasteiger partial charge in [-0.1, -0.05) is 51.1 Å². The molecule has 0 aliphatic carbocycles. The lowest BCUT2D eigenvalue weighted by atomic mass is 9.90. The highest BCUT2D eigenvalue weighted by Gasteiger charge is 2.39. The number of aliphatic hydroxyl groups excluding tert-OH is 2. The van der Waals surface area contributed by atoms with Gasteiger partial charge in [0.1, 0.15) is 52.2 Å². The molecule has 0 spiro atoms. The van der Waals surface area contributed by atoms with Gasteiger partial charge in [-0.3, -0.25) is 52.7 Å². The van der Waals surface area contributed by atoms with Gasteiger partial charge < -0.3 is 108 Å². The van der Waals surface area contributed by atoms with Gasteiger partial charge in [-0.05, 0) is 200 Å². The highest BCUT2D eigenvalue weighted by molar-refractivity contribution is 5.98. The number of aliphatic hydroxyl groups is 2. The van der Waals surface area contributed by atoms with E-state index in [2.05, 4.69) is 69.1 Å². The third-order valence-electron chi connectivity index (χ3n) is 17.7. The minimum Gasteiger partial charge on any atom is -0.462 e. The Morgan fingerprint density at radius 3 is 1.42 bits per heavy atom. The van der Waals surface area contributed by atoms with E-state index in [1.807, 2.05) is 0 Å². The summed E-state index contributed by atoms with van der Waals surface area (Å²) in [6.07, 6.45) is -12.5. The standard InChI is InChI=1S/C83H139N13O24/c1-22-26-66(103)115-49(4)42-65(102)91-56(31-37-86-75(111)117-80(10,11)12)64(101)46-55(50(5)97)69(105)92-57(32-38-87-76(112)118-81(13,14)15)62(99)44-53-29-35-84-73(109)67(51(6)98)96-68(104)54(30-36-85-74(110)116-79(7,8)9)45-63(100)58(33-39-88-77(113)119-82(16,17)18)93-71(107)60(41-48(2)3)94-72(108)61(43-52-27-24-23-25-28-52)95-70(106)59(90-47-53)34-40-89-78(114)120-83(19,20)21/h23-25,27-28,48-51,53-61,67,90,97-98H,22,26,29-47H2,1-21H3,(H,84,109)(H,85,110)(H,86,111)(H,87,112)(H,88,113)(H,89,114)(H,91,102)(H,92,105)(H,93,107)(H,94,108)(H,95,106)(H,96,104)/t49?,50?,51?,53-,54-,55+,56+,57+,58+,59+,60+,61-,67+/m1/s1. The van der Waals surface area contributed by atoms with Crippen LogP contribution in [0.5, 0.6) is 0 Å². The predicted octanol–water partition coefficient (Wildman–Crippen LogP) is 4.85. The van der Waals surface area contributed by atoms with Crippen molar-refractivity contribution >= 4 is 95.1 Å². The van der Waals surface area contributed by atoms with Crippen LogP contribution in [0.25, 0.3) is 0 Å². The van der Waals surface area contributed by atoms with Gasteiger partial charge >= 0.3 is 36.4 Å². The van der Waals surface area contributed by atoms with Gasteiger partial charge in [-0.2, -0.15) is 0 Å². The summed E-state index contributed by atoms with van der Waals surface area (Å²) in [4.78, 5) is 226. The Labute approximate surface area is 706 Å². The van der Waals surface area contributed by atoms with Gasteiger partial charge in [0.05, 0.1) is 48.7 Å². The Bertz CT molecular complexity index is 3540. The molecule has 1 aromatic carbocycles. The maximum Gasteiger partial charge on any atom is 0.407 e. The molecule has 1 aromatic rings. The van der Waals surface area contributed by atoms with Crippen LogP contribution in [0.15, 0.2) is 30.3 Å². The van der Waals surface area contributed by atoms with Gasteiger partial charge in [0, 0.05) is 77.3 Å². The first kappa shape index (κ1) is 106. The number of Topliss-reactive ketones (excluding diaryl/α,β-unsaturated/α-hetero) is 3. The molecular formula is C83H139N13O24. The molecular weight excluding hydrogens is 1560 g/mol. The molecule has 3 unspecified atom stereocenters. The Kier molecular flexibility index (Phi) is 45.3. The normalized spacial score (nSPS) is 20.1. The summed E-state index contributed by atoms with van der Waals surface area (Å²) in [5.41, 5.74) is -4.25. The lowest BCUT2D eigenvalue weighted by Gasteiger charge is -2.29. The number of carbonyl (C=O) groups is 16. The van der Waals surface area contributed by atoms with Crippen molar-refractivity contribution in [2.24, 2.45) is 23.7 Å². The first-order valence-electron chi connectivity index (χ1n) is 41.4. The average Bonchev–Trinajstić information content (AvgIpc) is 0.971. The van der Waals surface area contributed by atoms with Crippen LogP contribution in [0.3, 0.4) is 0 Å². The summed E-state index contributed by atoms with van der Waals surface area (Å²) in [6.45, 7) is 31.4. The maximum absolute atomic E-state index is 15.4. The number of benzene rings is 1. The van der Waals surface area contributed by atoms with Crippen LogP contribution in [0.2, 0.25) is 0 Å². The van der Waals surface area contributed by atoms with E-state index < -0.39 is 227 Å². The van der Waals surface area contributed by atoms with Gasteiger partial charge in [0.25, 0.3) is 0 Å². The number of esters is 1. The molecule has 1 fully saturated rings. The number of carbonyl (C=O) groups excluding carboxylic acids is 16. The van der Waals surface area contributed by atoms with Crippen LogP contribution >= 0.6 is 0 Å². The summed E-state index contributed by atoms with van der Waals surface area (Å²) in [7, 11) is 0. The van der Waals surface area contributed by atoms with Crippen molar-refractivity contribution in [1.29, 1.82) is 0 Å². The first-order chi connectivity index (χ1) is 55.5. The van der Waals surface area contributed by atoms with Crippen molar-refractivity contribution in [1.82, 2.24) is 69.1 Å². The van der Waals surface area contributed by atoms with Crippen molar-refractivity contribution in [3.05, 3.63) is 35.9 Å². The van der Waals surface area contributed by atoms with Gasteiger partial charge in [0.2, 0.25) is 41.4 Å². The lowest BCUT2D eigenvalue weighted by molar-refractivity contribution is -0.149. The van der Waals surface area contributed by atoms with E-state index >= 15 is 14.4 Å². The fraction of sp³-hybridized carbons (Fsp3) is 0.735. The van der Waals surface area contributed by atoms with Crippen LogP contribution in [-0.4, -0.2) is 240 Å². The smallest absolute Gasteiger partial charge is 0.407 e. The topological polar surface area (TPSA) is 525 Å². The van der Waals surface area contributed by atoms with Crippen molar-refractivity contribution in [3.8, 4) is 0 Å². The van der Waals surface area contributed by atoms with E-state index in [1.54, 1.807) is 155 Å². The first-order valence-corrected chi connectivity index (χ1v) is 41.4. The van der Waals surface area contributed by atoms with E-state index in [0.29, 0.717) is 12.0 Å². The molecule has 37 heteroatoms. The van der Waals surface area contributed by atoms with E-state index in [9.17, 15) is 72.5 Å². The number of rotatable bonds is 35. The molecule has 680 valence electrons. The third-order valence-corrected chi connectivity index (χ3v) is 17.7. The average molecular weight is 1700 g/mol. The molecule has 0 aromatic heterocycles. The Hall–Kier alpha value is -9.78. The van der Waals surface area contributed by atoms with E-state index in [0.717, 1.165) is 0 Å². The minimum absolute atomic E-state index is 0.0574. The Balaban J connectivity index is 3.08. The molecule has 1 heterocycles. The minimum atomic E-state index is -1.78. The van der Waals surface area contributed by atoms with Crippen molar-refractivity contribution in [2.75, 3.05) is 45.8 Å². The molecule has 12 amide bonds. The maximum atomic E-state index is 15.4. The molecule has 120 heavy (non-hydrogen) atoms. The second-order valence-corrected chi connectivity index (χ2v) is 35.7. The molecule has 0 saturated carbocycles. The van der Waals surface area contributed by atoms with Gasteiger partial charge in [-0.15, -0.1) is 0 Å². The Morgan fingerprint density at radius 2 is 0.950 bits per heavy atom. The van der Waals surface area contributed by atoms with E-state index in [-0.39, 0.29) is 110 Å². The van der Waals surface area contributed by atoms with Crippen molar-refractivity contribution in [3.63, 3.8) is 0 Å². The lowest BCUT2D eigenvalue weighted by Crippen LogP contribution is -2.58. The number of alkyl carbamates (subject to hydrolysis) is 5.